The Kier molecular flexibility index (Phi) is 5.03. The van der Waals surface area contributed by atoms with Crippen LogP contribution in [0, 0.1) is 12.8 Å². The Balaban J connectivity index is 2.16. The summed E-state index contributed by atoms with van der Waals surface area (Å²) in [5, 5.41) is 2.63. The molecule has 6 nitrogen and oxygen atoms in total. The van der Waals surface area contributed by atoms with Gasteiger partial charge in [0.1, 0.15) is 12.6 Å². The summed E-state index contributed by atoms with van der Waals surface area (Å²) >= 11 is 0. The lowest BCUT2D eigenvalue weighted by molar-refractivity contribution is -0.132. The quantitative estimate of drug-likeness (QED) is 0.844. The molecule has 1 aliphatic rings. The number of carbonyl (C=O) groups is 3. The van der Waals surface area contributed by atoms with Gasteiger partial charge in [-0.1, -0.05) is 32.0 Å². The third-order valence-electron chi connectivity index (χ3n) is 4.04. The highest BCUT2D eigenvalue weighted by molar-refractivity contribution is 6.08. The van der Waals surface area contributed by atoms with Crippen LogP contribution in [0.25, 0.3) is 0 Å². The Labute approximate surface area is 136 Å². The minimum atomic E-state index is -0.552. The molecule has 6 heteroatoms. The number of hydrogen-bond acceptors (Lipinski definition) is 3. The van der Waals surface area contributed by atoms with Crippen LogP contribution in [0.5, 0.6) is 0 Å². The van der Waals surface area contributed by atoms with E-state index in [2.05, 4.69) is 5.32 Å². The third kappa shape index (κ3) is 3.36. The second-order valence-corrected chi connectivity index (χ2v) is 6.02. The molecule has 0 unspecified atom stereocenters. The van der Waals surface area contributed by atoms with Gasteiger partial charge in [-0.2, -0.15) is 0 Å². The van der Waals surface area contributed by atoms with Gasteiger partial charge in [-0.3, -0.25) is 14.5 Å². The molecule has 4 amide bonds. The Bertz CT molecular complexity index is 627. The Morgan fingerprint density at radius 3 is 2.48 bits per heavy atom. The van der Waals surface area contributed by atoms with Crippen molar-refractivity contribution in [3.8, 4) is 0 Å². The highest BCUT2D eigenvalue weighted by atomic mass is 16.2. The molecule has 1 N–H and O–H groups in total. The number of nitrogens with zero attached hydrogens (tertiary/aromatic N) is 2. The molecule has 0 radical (unpaired) electrons. The summed E-state index contributed by atoms with van der Waals surface area (Å²) in [6.07, 6.45) is 0. The molecule has 1 heterocycles. The number of carbonyl (C=O) groups excluding carboxylic acids is 3. The summed E-state index contributed by atoms with van der Waals surface area (Å²) in [6.45, 7) is 7.75. The molecule has 1 aliphatic heterocycles. The number of nitrogens with one attached hydrogen (secondary N) is 1. The first-order valence-electron chi connectivity index (χ1n) is 7.84. The van der Waals surface area contributed by atoms with E-state index in [1.54, 1.807) is 4.90 Å². The highest BCUT2D eigenvalue weighted by Crippen LogP contribution is 2.20. The lowest BCUT2D eigenvalue weighted by Gasteiger charge is -2.24. The summed E-state index contributed by atoms with van der Waals surface area (Å²) in [5.41, 5.74) is 1.77. The number of benzene rings is 1. The topological polar surface area (TPSA) is 69.7 Å². The maximum Gasteiger partial charge on any atom is 0.325 e. The van der Waals surface area contributed by atoms with E-state index in [4.69, 9.17) is 0 Å². The molecule has 1 aromatic rings. The molecule has 23 heavy (non-hydrogen) atoms. The van der Waals surface area contributed by atoms with Gasteiger partial charge in [-0.25, -0.2) is 4.79 Å². The number of imide groups is 1. The number of anilines is 1. The fraction of sp³-hybridized carbons (Fsp3) is 0.471. The van der Waals surface area contributed by atoms with Gasteiger partial charge >= 0.3 is 6.03 Å². The Hall–Kier alpha value is -2.37. The van der Waals surface area contributed by atoms with E-state index in [9.17, 15) is 14.4 Å². The third-order valence-corrected chi connectivity index (χ3v) is 4.04. The largest absolute Gasteiger partial charge is 0.326 e. The zero-order chi connectivity index (χ0) is 17.1. The van der Waals surface area contributed by atoms with Crippen molar-refractivity contribution in [3.05, 3.63) is 29.8 Å². The molecule has 0 saturated carbocycles. The van der Waals surface area contributed by atoms with Crippen molar-refractivity contribution in [3.63, 3.8) is 0 Å². The number of amides is 4. The second-order valence-electron chi connectivity index (χ2n) is 6.02. The van der Waals surface area contributed by atoms with E-state index < -0.39 is 12.1 Å². The van der Waals surface area contributed by atoms with Crippen molar-refractivity contribution in [1.29, 1.82) is 0 Å². The van der Waals surface area contributed by atoms with E-state index in [0.29, 0.717) is 6.54 Å². The van der Waals surface area contributed by atoms with Crippen LogP contribution in [0.2, 0.25) is 0 Å². The molecular weight excluding hydrogens is 294 g/mol. The molecule has 0 spiro atoms. The van der Waals surface area contributed by atoms with E-state index in [0.717, 1.165) is 16.2 Å². The van der Waals surface area contributed by atoms with Crippen LogP contribution in [-0.2, 0) is 9.59 Å². The molecular formula is C17H23N3O3. The number of aryl methyl sites for hydroxylation is 1. The predicted octanol–water partition coefficient (Wildman–Crippen LogP) is 1.92. The lowest BCUT2D eigenvalue weighted by Crippen LogP contribution is -2.43. The van der Waals surface area contributed by atoms with Crippen LogP contribution in [0.15, 0.2) is 24.3 Å². The van der Waals surface area contributed by atoms with Gasteiger partial charge in [-0.05, 0) is 31.4 Å². The Morgan fingerprint density at radius 1 is 1.30 bits per heavy atom. The van der Waals surface area contributed by atoms with Crippen LogP contribution in [0.4, 0.5) is 10.5 Å². The van der Waals surface area contributed by atoms with Crippen molar-refractivity contribution in [1.82, 2.24) is 10.2 Å². The van der Waals surface area contributed by atoms with Gasteiger partial charge in [0.15, 0.2) is 0 Å². The molecule has 0 aliphatic carbocycles. The standard InChI is InChI=1S/C17H23N3O3/c1-5-19(13-9-7-6-8-12(13)4)14(21)10-20-16(22)15(11(2)3)18-17(20)23/h6-9,11,15H,5,10H2,1-4H3,(H,18,23)/t15-/m0/s1. The molecule has 1 atom stereocenters. The molecule has 1 aromatic carbocycles. The Morgan fingerprint density at radius 2 is 1.96 bits per heavy atom. The van der Waals surface area contributed by atoms with Crippen molar-refractivity contribution >= 4 is 23.5 Å². The minimum Gasteiger partial charge on any atom is -0.326 e. The first kappa shape index (κ1) is 17.0. The average molecular weight is 317 g/mol. The van der Waals surface area contributed by atoms with Crippen LogP contribution >= 0.6 is 0 Å². The number of likely N-dealkylation sites (N-methyl/N-ethyl adjacent to an activating group) is 1. The molecule has 1 fully saturated rings. The van der Waals surface area contributed by atoms with Gasteiger partial charge in [0, 0.05) is 12.2 Å². The fourth-order valence-corrected chi connectivity index (χ4v) is 2.71. The maximum absolute atomic E-state index is 12.6. The van der Waals surface area contributed by atoms with Crippen LogP contribution in [0.3, 0.4) is 0 Å². The summed E-state index contributed by atoms with van der Waals surface area (Å²) in [7, 11) is 0. The number of para-hydroxylation sites is 1. The summed E-state index contributed by atoms with van der Waals surface area (Å²) < 4.78 is 0. The van der Waals surface area contributed by atoms with Gasteiger partial charge in [-0.15, -0.1) is 0 Å². The summed E-state index contributed by atoms with van der Waals surface area (Å²) in [6, 6.07) is 6.50. The van der Waals surface area contributed by atoms with E-state index in [-0.39, 0.29) is 24.3 Å². The molecule has 1 saturated heterocycles. The van der Waals surface area contributed by atoms with Gasteiger partial charge < -0.3 is 10.2 Å². The zero-order valence-electron chi connectivity index (χ0n) is 14.0. The van der Waals surface area contributed by atoms with Crippen LogP contribution in [0.1, 0.15) is 26.3 Å². The van der Waals surface area contributed by atoms with Gasteiger partial charge in [0.05, 0.1) is 0 Å². The summed E-state index contributed by atoms with van der Waals surface area (Å²) in [5.74, 6) is -0.612. The second kappa shape index (κ2) is 6.81. The predicted molar refractivity (Wildman–Crippen MR) is 88.1 cm³/mol. The first-order chi connectivity index (χ1) is 10.9. The summed E-state index contributed by atoms with van der Waals surface area (Å²) in [4.78, 5) is 39.5. The van der Waals surface area contributed by atoms with E-state index >= 15 is 0 Å². The fourth-order valence-electron chi connectivity index (χ4n) is 2.71. The molecule has 2 rings (SSSR count). The van der Waals surface area contributed by atoms with E-state index in [1.807, 2.05) is 52.0 Å². The van der Waals surface area contributed by atoms with E-state index in [1.165, 1.54) is 0 Å². The average Bonchev–Trinajstić information content (AvgIpc) is 2.78. The zero-order valence-corrected chi connectivity index (χ0v) is 14.0. The number of rotatable bonds is 5. The maximum atomic E-state index is 12.6. The molecule has 0 bridgehead atoms. The number of hydrogen-bond donors (Lipinski definition) is 1. The lowest BCUT2D eigenvalue weighted by atomic mass is 10.1. The minimum absolute atomic E-state index is 0.00908. The SMILES string of the molecule is CCN(C(=O)CN1C(=O)N[C@@H](C(C)C)C1=O)c1ccccc1C. The van der Waals surface area contributed by atoms with Crippen molar-refractivity contribution in [2.75, 3.05) is 18.0 Å². The van der Waals surface area contributed by atoms with Crippen molar-refractivity contribution in [2.45, 2.75) is 33.7 Å². The monoisotopic (exact) mass is 317 g/mol. The van der Waals surface area contributed by atoms with Crippen LogP contribution in [-0.4, -0.2) is 41.9 Å². The molecule has 0 aromatic heterocycles. The first-order valence-corrected chi connectivity index (χ1v) is 7.84. The highest BCUT2D eigenvalue weighted by Gasteiger charge is 2.40. The smallest absolute Gasteiger partial charge is 0.325 e. The van der Waals surface area contributed by atoms with Crippen LogP contribution < -0.4 is 10.2 Å². The van der Waals surface area contributed by atoms with Gasteiger partial charge in [0.2, 0.25) is 5.91 Å². The van der Waals surface area contributed by atoms with Gasteiger partial charge in [0.25, 0.3) is 5.91 Å². The van der Waals surface area contributed by atoms with Crippen molar-refractivity contribution in [2.24, 2.45) is 5.92 Å². The van der Waals surface area contributed by atoms with Crippen molar-refractivity contribution < 1.29 is 14.4 Å². The number of urea groups is 1. The molecule has 124 valence electrons. The normalized spacial score (nSPS) is 17.6.